The monoisotopic (exact) mass is 573 g/mol. The summed E-state index contributed by atoms with van der Waals surface area (Å²) in [5.41, 5.74) is 1.24. The average molecular weight is 575 g/mol. The van der Waals surface area contributed by atoms with Gasteiger partial charge in [-0.25, -0.2) is 13.8 Å². The zero-order valence-corrected chi connectivity index (χ0v) is 20.3. The SMILES string of the molecule is O=C(CN(c1ccc(Cl)c(C(F)(F)F)c1)S(=O)(=O)c1ccccc1)N/N=C\c1ccc(Br)cc1. The van der Waals surface area contributed by atoms with Gasteiger partial charge in [-0.2, -0.15) is 18.3 Å². The van der Waals surface area contributed by atoms with Gasteiger partial charge in [-0.05, 0) is 48.0 Å². The Morgan fingerprint density at radius 1 is 1.06 bits per heavy atom. The molecular weight excluding hydrogens is 559 g/mol. The van der Waals surface area contributed by atoms with Crippen LogP contribution in [0.2, 0.25) is 5.02 Å². The Balaban J connectivity index is 1.93. The molecule has 3 rings (SSSR count). The number of nitrogens with one attached hydrogen (secondary N) is 1. The van der Waals surface area contributed by atoms with Crippen molar-refractivity contribution in [1.29, 1.82) is 0 Å². The average Bonchev–Trinajstić information content (AvgIpc) is 2.79. The number of benzene rings is 3. The van der Waals surface area contributed by atoms with Crippen LogP contribution >= 0.6 is 27.5 Å². The van der Waals surface area contributed by atoms with Crippen molar-refractivity contribution in [3.63, 3.8) is 0 Å². The molecule has 6 nitrogen and oxygen atoms in total. The molecule has 34 heavy (non-hydrogen) atoms. The number of amides is 1. The second kappa shape index (κ2) is 10.6. The molecule has 3 aromatic carbocycles. The van der Waals surface area contributed by atoms with E-state index in [0.29, 0.717) is 15.9 Å². The van der Waals surface area contributed by atoms with Crippen LogP contribution in [0.25, 0.3) is 0 Å². The van der Waals surface area contributed by atoms with E-state index in [-0.39, 0.29) is 10.6 Å². The molecular formula is C22H16BrClF3N3O3S. The van der Waals surface area contributed by atoms with Gasteiger partial charge in [0.2, 0.25) is 0 Å². The Morgan fingerprint density at radius 2 is 1.71 bits per heavy atom. The number of rotatable bonds is 7. The number of hydrazone groups is 1. The van der Waals surface area contributed by atoms with E-state index in [4.69, 9.17) is 11.6 Å². The first-order valence-electron chi connectivity index (χ1n) is 9.50. The molecule has 0 aromatic heterocycles. The first-order valence-corrected chi connectivity index (χ1v) is 12.1. The third-order valence-electron chi connectivity index (χ3n) is 4.43. The van der Waals surface area contributed by atoms with E-state index < -0.39 is 39.2 Å². The van der Waals surface area contributed by atoms with Gasteiger partial charge in [-0.15, -0.1) is 0 Å². The standard InChI is InChI=1S/C22H16BrClF3N3O3S/c23-16-8-6-15(7-9-16)13-28-29-21(31)14-30(34(32,33)18-4-2-1-3-5-18)17-10-11-20(24)19(12-17)22(25,26)27/h1-13H,14H2,(H,29,31)/b28-13-. The molecule has 0 saturated heterocycles. The maximum Gasteiger partial charge on any atom is 0.417 e. The second-order valence-corrected chi connectivity index (χ2v) is 10.0. The molecule has 0 fully saturated rings. The van der Waals surface area contributed by atoms with Gasteiger partial charge < -0.3 is 0 Å². The predicted octanol–water partition coefficient (Wildman–Crippen LogP) is 5.47. The quantitative estimate of drug-likeness (QED) is 0.300. The fourth-order valence-corrected chi connectivity index (χ4v) is 4.74. The highest BCUT2D eigenvalue weighted by molar-refractivity contribution is 9.10. The maximum absolute atomic E-state index is 13.4. The minimum absolute atomic E-state index is 0.204. The van der Waals surface area contributed by atoms with Crippen molar-refractivity contribution in [2.24, 2.45) is 5.10 Å². The topological polar surface area (TPSA) is 78.8 Å². The van der Waals surface area contributed by atoms with Crippen LogP contribution in [0.5, 0.6) is 0 Å². The Labute approximate surface area is 207 Å². The number of sulfonamides is 1. The minimum atomic E-state index is -4.83. The Morgan fingerprint density at radius 3 is 2.32 bits per heavy atom. The van der Waals surface area contributed by atoms with Crippen molar-refractivity contribution in [3.05, 3.63) is 93.4 Å². The van der Waals surface area contributed by atoms with Crippen LogP contribution < -0.4 is 9.73 Å². The fourth-order valence-electron chi connectivity index (χ4n) is 2.81. The fraction of sp³-hybridized carbons (Fsp3) is 0.0909. The number of hydrogen-bond donors (Lipinski definition) is 1. The van der Waals surface area contributed by atoms with Crippen molar-refractivity contribution in [2.45, 2.75) is 11.1 Å². The molecule has 0 radical (unpaired) electrons. The van der Waals surface area contributed by atoms with Crippen LogP contribution in [0.3, 0.4) is 0 Å². The molecule has 178 valence electrons. The lowest BCUT2D eigenvalue weighted by atomic mass is 10.2. The van der Waals surface area contributed by atoms with Crippen LogP contribution in [-0.4, -0.2) is 27.1 Å². The second-order valence-electron chi connectivity index (χ2n) is 6.83. The molecule has 0 atom stereocenters. The highest BCUT2D eigenvalue weighted by Gasteiger charge is 2.35. The highest BCUT2D eigenvalue weighted by Crippen LogP contribution is 2.37. The van der Waals surface area contributed by atoms with Gasteiger partial charge >= 0.3 is 6.18 Å². The van der Waals surface area contributed by atoms with E-state index in [1.54, 1.807) is 30.3 Å². The molecule has 0 aliphatic heterocycles. The first-order chi connectivity index (χ1) is 16.0. The largest absolute Gasteiger partial charge is 0.417 e. The third kappa shape index (κ3) is 6.37. The molecule has 0 unspecified atom stereocenters. The van der Waals surface area contributed by atoms with E-state index >= 15 is 0 Å². The van der Waals surface area contributed by atoms with E-state index in [2.05, 4.69) is 26.5 Å². The number of carbonyl (C=O) groups excluding carboxylic acids is 1. The summed E-state index contributed by atoms with van der Waals surface area (Å²) in [6, 6.07) is 16.6. The van der Waals surface area contributed by atoms with Gasteiger partial charge in [-0.3, -0.25) is 9.10 Å². The van der Waals surface area contributed by atoms with Gasteiger partial charge in [-0.1, -0.05) is 57.9 Å². The molecule has 0 aliphatic rings. The Hall–Kier alpha value is -2.89. The molecule has 0 saturated carbocycles. The number of halogens is 5. The molecule has 1 N–H and O–H groups in total. The smallest absolute Gasteiger partial charge is 0.271 e. The summed E-state index contributed by atoms with van der Waals surface area (Å²) in [7, 11) is -4.40. The summed E-state index contributed by atoms with van der Waals surface area (Å²) >= 11 is 8.96. The molecule has 0 heterocycles. The van der Waals surface area contributed by atoms with Crippen molar-refractivity contribution < 1.29 is 26.4 Å². The van der Waals surface area contributed by atoms with E-state index in [1.165, 1.54) is 30.5 Å². The molecule has 3 aromatic rings. The Kier molecular flexibility index (Phi) is 8.01. The number of hydrogen-bond acceptors (Lipinski definition) is 4. The summed E-state index contributed by atoms with van der Waals surface area (Å²) < 4.78 is 68.0. The summed E-state index contributed by atoms with van der Waals surface area (Å²) in [5.74, 6) is -0.864. The van der Waals surface area contributed by atoms with Gasteiger partial charge in [0.05, 0.1) is 27.4 Å². The van der Waals surface area contributed by atoms with Crippen molar-refractivity contribution >= 4 is 55.4 Å². The lowest BCUT2D eigenvalue weighted by molar-refractivity contribution is -0.137. The molecule has 12 heteroatoms. The molecule has 0 aliphatic carbocycles. The summed E-state index contributed by atoms with van der Waals surface area (Å²) in [6.45, 7) is -0.826. The summed E-state index contributed by atoms with van der Waals surface area (Å²) in [6.07, 6.45) is -3.49. The minimum Gasteiger partial charge on any atom is -0.271 e. The van der Waals surface area contributed by atoms with E-state index in [1.807, 2.05) is 0 Å². The van der Waals surface area contributed by atoms with Crippen LogP contribution in [0.15, 0.2) is 87.3 Å². The summed E-state index contributed by atoms with van der Waals surface area (Å²) in [4.78, 5) is 12.3. The summed E-state index contributed by atoms with van der Waals surface area (Å²) in [5, 5.41) is 3.18. The van der Waals surface area contributed by atoms with Gasteiger partial charge in [0.25, 0.3) is 15.9 Å². The molecule has 1 amide bonds. The maximum atomic E-state index is 13.4. The number of anilines is 1. The first kappa shape index (κ1) is 25.7. The van der Waals surface area contributed by atoms with Crippen LogP contribution in [0.1, 0.15) is 11.1 Å². The normalized spacial score (nSPS) is 12.0. The van der Waals surface area contributed by atoms with Crippen LogP contribution in [0, 0.1) is 0 Å². The van der Waals surface area contributed by atoms with Crippen molar-refractivity contribution in [2.75, 3.05) is 10.8 Å². The zero-order valence-electron chi connectivity index (χ0n) is 17.1. The van der Waals surface area contributed by atoms with Crippen LogP contribution in [0.4, 0.5) is 18.9 Å². The number of carbonyl (C=O) groups is 1. The lowest BCUT2D eigenvalue weighted by Crippen LogP contribution is -2.39. The molecule has 0 spiro atoms. The highest BCUT2D eigenvalue weighted by atomic mass is 79.9. The Bertz CT molecular complexity index is 1300. The van der Waals surface area contributed by atoms with Gasteiger partial charge in [0, 0.05) is 4.47 Å². The third-order valence-corrected chi connectivity index (χ3v) is 7.08. The number of alkyl halides is 3. The lowest BCUT2D eigenvalue weighted by Gasteiger charge is -2.24. The van der Waals surface area contributed by atoms with Crippen molar-refractivity contribution in [1.82, 2.24) is 5.43 Å². The van der Waals surface area contributed by atoms with Crippen molar-refractivity contribution in [3.8, 4) is 0 Å². The predicted molar refractivity (Wildman–Crippen MR) is 127 cm³/mol. The van der Waals surface area contributed by atoms with E-state index in [9.17, 15) is 26.4 Å². The zero-order chi connectivity index (χ0) is 24.9. The molecule has 0 bridgehead atoms. The van der Waals surface area contributed by atoms with Crippen LogP contribution in [-0.2, 0) is 21.0 Å². The number of nitrogens with zero attached hydrogens (tertiary/aromatic N) is 2. The van der Waals surface area contributed by atoms with Gasteiger partial charge in [0.15, 0.2) is 0 Å². The van der Waals surface area contributed by atoms with Gasteiger partial charge in [0.1, 0.15) is 6.54 Å². The van der Waals surface area contributed by atoms with E-state index in [0.717, 1.165) is 16.6 Å².